The lowest BCUT2D eigenvalue weighted by molar-refractivity contribution is 0.190. The molecule has 0 aliphatic carbocycles. The third kappa shape index (κ3) is 7.34. The first-order valence-electron chi connectivity index (χ1n) is 7.00. The van der Waals surface area contributed by atoms with Crippen molar-refractivity contribution in [2.75, 3.05) is 38.2 Å². The number of likely N-dealkylation sites (tertiary alicyclic amines) is 1. The van der Waals surface area contributed by atoms with Crippen LogP contribution in [0.1, 0.15) is 33.1 Å². The standard InChI is InChI=1S/C13H28N2O2S/c1-12-5-9-15(10-6-12)8-4-7-14-13(2)11-18(3,16)17/h12-14H,4-11H2,1-3H3. The summed E-state index contributed by atoms with van der Waals surface area (Å²) in [7, 11) is -2.86. The van der Waals surface area contributed by atoms with Gasteiger partial charge in [-0.15, -0.1) is 0 Å². The van der Waals surface area contributed by atoms with Crippen LogP contribution in [0.3, 0.4) is 0 Å². The molecule has 0 aromatic carbocycles. The highest BCUT2D eigenvalue weighted by molar-refractivity contribution is 7.90. The van der Waals surface area contributed by atoms with E-state index in [1.807, 2.05) is 6.92 Å². The maximum absolute atomic E-state index is 11.1. The van der Waals surface area contributed by atoms with Crippen LogP contribution in [0.4, 0.5) is 0 Å². The molecule has 0 radical (unpaired) electrons. The Kier molecular flexibility index (Phi) is 6.60. The van der Waals surface area contributed by atoms with Gasteiger partial charge in [0.15, 0.2) is 0 Å². The predicted octanol–water partition coefficient (Wildman–Crippen LogP) is 1.13. The Morgan fingerprint density at radius 1 is 1.33 bits per heavy atom. The van der Waals surface area contributed by atoms with E-state index in [4.69, 9.17) is 0 Å². The van der Waals surface area contributed by atoms with Gasteiger partial charge in [0.25, 0.3) is 0 Å². The molecule has 0 bridgehead atoms. The van der Waals surface area contributed by atoms with E-state index in [0.717, 1.165) is 25.4 Å². The molecule has 0 aromatic heterocycles. The summed E-state index contributed by atoms with van der Waals surface area (Å²) in [6, 6.07) is 0.0568. The van der Waals surface area contributed by atoms with E-state index in [1.54, 1.807) is 0 Å². The fourth-order valence-electron chi connectivity index (χ4n) is 2.45. The minimum Gasteiger partial charge on any atom is -0.313 e. The normalized spacial score (nSPS) is 21.1. The Morgan fingerprint density at radius 3 is 2.50 bits per heavy atom. The van der Waals surface area contributed by atoms with Gasteiger partial charge in [0.1, 0.15) is 9.84 Å². The smallest absolute Gasteiger partial charge is 0.148 e. The first kappa shape index (κ1) is 15.9. The van der Waals surface area contributed by atoms with E-state index in [9.17, 15) is 8.42 Å². The van der Waals surface area contributed by atoms with E-state index >= 15 is 0 Å². The van der Waals surface area contributed by atoms with Gasteiger partial charge in [0.2, 0.25) is 0 Å². The molecular weight excluding hydrogens is 248 g/mol. The molecule has 1 saturated heterocycles. The predicted molar refractivity (Wildman–Crippen MR) is 76.6 cm³/mol. The Bertz CT molecular complexity index is 322. The fourth-order valence-corrected chi connectivity index (χ4v) is 3.48. The zero-order chi connectivity index (χ0) is 13.6. The van der Waals surface area contributed by atoms with Crippen LogP contribution in [-0.4, -0.2) is 57.5 Å². The van der Waals surface area contributed by atoms with Crippen molar-refractivity contribution in [3.05, 3.63) is 0 Å². The third-order valence-electron chi connectivity index (χ3n) is 3.57. The van der Waals surface area contributed by atoms with Crippen LogP contribution in [0, 0.1) is 5.92 Å². The second-order valence-corrected chi connectivity index (χ2v) is 8.01. The number of hydrogen-bond donors (Lipinski definition) is 1. The first-order chi connectivity index (χ1) is 8.37. The van der Waals surface area contributed by atoms with Crippen LogP contribution < -0.4 is 5.32 Å². The van der Waals surface area contributed by atoms with Gasteiger partial charge >= 0.3 is 0 Å². The zero-order valence-corrected chi connectivity index (χ0v) is 12.8. The molecule has 1 atom stereocenters. The number of piperidine rings is 1. The van der Waals surface area contributed by atoms with Crippen LogP contribution in [0.15, 0.2) is 0 Å². The molecule has 1 unspecified atom stereocenters. The summed E-state index contributed by atoms with van der Waals surface area (Å²) in [5.74, 6) is 1.11. The van der Waals surface area contributed by atoms with E-state index in [2.05, 4.69) is 17.1 Å². The third-order valence-corrected chi connectivity index (χ3v) is 4.68. The maximum atomic E-state index is 11.1. The van der Waals surface area contributed by atoms with Crippen LogP contribution in [-0.2, 0) is 9.84 Å². The molecule has 1 N–H and O–H groups in total. The lowest BCUT2D eigenvalue weighted by atomic mass is 9.99. The topological polar surface area (TPSA) is 49.4 Å². The molecule has 5 heteroatoms. The molecule has 4 nitrogen and oxygen atoms in total. The Hall–Kier alpha value is -0.130. The van der Waals surface area contributed by atoms with Crippen LogP contribution in [0.2, 0.25) is 0 Å². The highest BCUT2D eigenvalue weighted by Gasteiger charge is 2.15. The summed E-state index contributed by atoms with van der Waals surface area (Å²) in [5, 5.41) is 3.28. The lowest BCUT2D eigenvalue weighted by Crippen LogP contribution is -2.37. The molecular formula is C13H28N2O2S. The molecule has 0 spiro atoms. The highest BCUT2D eigenvalue weighted by atomic mass is 32.2. The van der Waals surface area contributed by atoms with E-state index < -0.39 is 9.84 Å². The molecule has 0 amide bonds. The van der Waals surface area contributed by atoms with Crippen molar-refractivity contribution in [1.29, 1.82) is 0 Å². The number of nitrogens with zero attached hydrogens (tertiary/aromatic N) is 1. The van der Waals surface area contributed by atoms with E-state index in [-0.39, 0.29) is 11.8 Å². The second kappa shape index (κ2) is 7.46. The Morgan fingerprint density at radius 2 is 1.94 bits per heavy atom. The van der Waals surface area contributed by atoms with Gasteiger partial charge in [0, 0.05) is 12.3 Å². The van der Waals surface area contributed by atoms with Gasteiger partial charge in [-0.05, 0) is 58.3 Å². The number of rotatable bonds is 7. The average molecular weight is 276 g/mol. The van der Waals surface area contributed by atoms with Crippen LogP contribution in [0.5, 0.6) is 0 Å². The Labute approximate surface area is 112 Å². The van der Waals surface area contributed by atoms with Crippen LogP contribution in [0.25, 0.3) is 0 Å². The van der Waals surface area contributed by atoms with Crippen molar-refractivity contribution in [1.82, 2.24) is 10.2 Å². The van der Waals surface area contributed by atoms with Crippen molar-refractivity contribution in [3.8, 4) is 0 Å². The summed E-state index contributed by atoms with van der Waals surface area (Å²) < 4.78 is 22.2. The van der Waals surface area contributed by atoms with Crippen molar-refractivity contribution in [2.45, 2.75) is 39.2 Å². The van der Waals surface area contributed by atoms with Crippen molar-refractivity contribution < 1.29 is 8.42 Å². The molecule has 0 saturated carbocycles. The highest BCUT2D eigenvalue weighted by Crippen LogP contribution is 2.15. The fraction of sp³-hybridized carbons (Fsp3) is 1.00. The van der Waals surface area contributed by atoms with E-state index in [1.165, 1.54) is 32.2 Å². The van der Waals surface area contributed by atoms with Gasteiger partial charge in [0.05, 0.1) is 5.75 Å². The zero-order valence-electron chi connectivity index (χ0n) is 12.0. The molecule has 18 heavy (non-hydrogen) atoms. The number of nitrogens with one attached hydrogen (secondary N) is 1. The maximum Gasteiger partial charge on any atom is 0.148 e. The van der Waals surface area contributed by atoms with Crippen molar-refractivity contribution in [3.63, 3.8) is 0 Å². The molecule has 1 heterocycles. The molecule has 1 fully saturated rings. The summed E-state index contributed by atoms with van der Waals surface area (Å²) in [5.41, 5.74) is 0. The monoisotopic (exact) mass is 276 g/mol. The van der Waals surface area contributed by atoms with Gasteiger partial charge in [-0.1, -0.05) is 6.92 Å². The summed E-state index contributed by atoms with van der Waals surface area (Å²) in [4.78, 5) is 2.52. The van der Waals surface area contributed by atoms with Gasteiger partial charge in [-0.3, -0.25) is 0 Å². The lowest BCUT2D eigenvalue weighted by Gasteiger charge is -2.30. The first-order valence-corrected chi connectivity index (χ1v) is 9.06. The molecule has 1 rings (SSSR count). The molecule has 0 aromatic rings. The quantitative estimate of drug-likeness (QED) is 0.708. The average Bonchev–Trinajstić information content (AvgIpc) is 2.24. The van der Waals surface area contributed by atoms with Gasteiger partial charge in [-0.25, -0.2) is 8.42 Å². The van der Waals surface area contributed by atoms with Crippen molar-refractivity contribution >= 4 is 9.84 Å². The SMILES string of the molecule is CC1CCN(CCCNC(C)CS(C)(=O)=O)CC1. The minimum absolute atomic E-state index is 0.0568. The number of hydrogen-bond acceptors (Lipinski definition) is 4. The second-order valence-electron chi connectivity index (χ2n) is 5.83. The van der Waals surface area contributed by atoms with Gasteiger partial charge in [-0.2, -0.15) is 0 Å². The molecule has 1 aliphatic heterocycles. The summed E-state index contributed by atoms with van der Waals surface area (Å²) in [6.07, 6.45) is 5.03. The molecule has 1 aliphatic rings. The molecule has 108 valence electrons. The largest absolute Gasteiger partial charge is 0.313 e. The van der Waals surface area contributed by atoms with Crippen LogP contribution >= 0.6 is 0 Å². The summed E-state index contributed by atoms with van der Waals surface area (Å²) >= 11 is 0. The van der Waals surface area contributed by atoms with Gasteiger partial charge < -0.3 is 10.2 Å². The number of sulfone groups is 1. The van der Waals surface area contributed by atoms with E-state index in [0.29, 0.717) is 0 Å². The van der Waals surface area contributed by atoms with Crippen molar-refractivity contribution in [2.24, 2.45) is 5.92 Å². The summed E-state index contributed by atoms with van der Waals surface area (Å²) in [6.45, 7) is 8.74. The minimum atomic E-state index is -2.86. The Balaban J connectivity index is 2.04.